The number of aliphatic imine (C=N–C) groups is 1. The summed E-state index contributed by atoms with van der Waals surface area (Å²) in [5, 5.41) is 4.45. The third-order valence-corrected chi connectivity index (χ3v) is 3.86. The number of methoxy groups -OCH3 is 1. The van der Waals surface area contributed by atoms with Gasteiger partial charge in [0.15, 0.2) is 5.17 Å². The molecule has 5 heteroatoms. The molecule has 0 saturated carbocycles. The van der Waals surface area contributed by atoms with Crippen molar-refractivity contribution in [3.63, 3.8) is 0 Å². The second-order valence-corrected chi connectivity index (χ2v) is 5.11. The highest BCUT2D eigenvalue weighted by Crippen LogP contribution is 2.33. The van der Waals surface area contributed by atoms with E-state index in [-0.39, 0.29) is 5.97 Å². The number of rotatable bonds is 4. The van der Waals surface area contributed by atoms with E-state index in [0.29, 0.717) is 18.2 Å². The summed E-state index contributed by atoms with van der Waals surface area (Å²) in [6, 6.07) is 10.3. The number of carbonyl (C=O) groups excluding carboxylic acids is 1. The Labute approximate surface area is 111 Å². The number of benzene rings is 1. The van der Waals surface area contributed by atoms with Gasteiger partial charge in [0.25, 0.3) is 0 Å². The molecule has 0 spiro atoms. The molecule has 1 atom stereocenters. The van der Waals surface area contributed by atoms with Gasteiger partial charge in [0.1, 0.15) is 0 Å². The van der Waals surface area contributed by atoms with Crippen LogP contribution in [0.4, 0.5) is 0 Å². The van der Waals surface area contributed by atoms with E-state index in [4.69, 9.17) is 0 Å². The van der Waals surface area contributed by atoms with Crippen LogP contribution >= 0.6 is 11.8 Å². The van der Waals surface area contributed by atoms with Gasteiger partial charge in [-0.05, 0) is 5.56 Å². The molecule has 0 radical (unpaired) electrons. The van der Waals surface area contributed by atoms with Crippen molar-refractivity contribution in [1.29, 1.82) is 0 Å². The van der Waals surface area contributed by atoms with E-state index in [1.807, 2.05) is 18.2 Å². The maximum atomic E-state index is 11.0. The van der Waals surface area contributed by atoms with E-state index >= 15 is 0 Å². The fraction of sp³-hybridized carbons (Fsp3) is 0.385. The molecule has 18 heavy (non-hydrogen) atoms. The highest BCUT2D eigenvalue weighted by molar-refractivity contribution is 8.14. The monoisotopic (exact) mass is 264 g/mol. The van der Waals surface area contributed by atoms with E-state index in [2.05, 4.69) is 27.2 Å². The molecule has 1 aromatic rings. The van der Waals surface area contributed by atoms with Gasteiger partial charge in [-0.2, -0.15) is 0 Å². The van der Waals surface area contributed by atoms with E-state index in [1.54, 1.807) is 11.8 Å². The molecular weight excluding hydrogens is 248 g/mol. The molecule has 96 valence electrons. The van der Waals surface area contributed by atoms with Crippen molar-refractivity contribution in [3.05, 3.63) is 35.9 Å². The Hall–Kier alpha value is -1.49. The lowest BCUT2D eigenvalue weighted by molar-refractivity contribution is -0.140. The minimum atomic E-state index is -0.203. The van der Waals surface area contributed by atoms with Crippen LogP contribution in [0.3, 0.4) is 0 Å². The first-order valence-corrected chi connectivity index (χ1v) is 6.74. The maximum Gasteiger partial charge on any atom is 0.307 e. The number of nitrogens with one attached hydrogen (secondary N) is 1. The zero-order valence-corrected chi connectivity index (χ0v) is 11.1. The van der Waals surface area contributed by atoms with Gasteiger partial charge in [0, 0.05) is 6.54 Å². The molecule has 0 fully saturated rings. The number of carbonyl (C=O) groups is 1. The lowest BCUT2D eigenvalue weighted by Gasteiger charge is -2.08. The van der Waals surface area contributed by atoms with Gasteiger partial charge in [-0.15, -0.1) is 0 Å². The summed E-state index contributed by atoms with van der Waals surface area (Å²) < 4.78 is 4.58. The molecule has 0 bridgehead atoms. The van der Waals surface area contributed by atoms with Crippen LogP contribution in [0.1, 0.15) is 17.2 Å². The Bertz CT molecular complexity index is 434. The number of amidine groups is 1. The Morgan fingerprint density at radius 2 is 2.28 bits per heavy atom. The van der Waals surface area contributed by atoms with E-state index in [0.717, 1.165) is 11.7 Å². The first-order chi connectivity index (χ1) is 8.79. The highest BCUT2D eigenvalue weighted by atomic mass is 32.2. The summed E-state index contributed by atoms with van der Waals surface area (Å²) in [6.07, 6.45) is 0.367. The number of nitrogens with zero attached hydrogens (tertiary/aromatic N) is 1. The largest absolute Gasteiger partial charge is 0.469 e. The molecular formula is C13H16N2O2S. The predicted molar refractivity (Wildman–Crippen MR) is 73.7 cm³/mol. The molecule has 1 N–H and O–H groups in total. The Balaban J connectivity index is 1.76. The second-order valence-electron chi connectivity index (χ2n) is 3.92. The topological polar surface area (TPSA) is 50.7 Å². The zero-order chi connectivity index (χ0) is 12.8. The lowest BCUT2D eigenvalue weighted by atomic mass is 10.1. The van der Waals surface area contributed by atoms with Gasteiger partial charge < -0.3 is 10.1 Å². The smallest absolute Gasteiger partial charge is 0.307 e. The van der Waals surface area contributed by atoms with Gasteiger partial charge in [0.2, 0.25) is 0 Å². The van der Waals surface area contributed by atoms with Crippen molar-refractivity contribution in [2.45, 2.75) is 11.7 Å². The molecule has 1 aliphatic heterocycles. The number of ether oxygens (including phenoxy) is 1. The third-order valence-electron chi connectivity index (χ3n) is 2.66. The number of hydrogen-bond acceptors (Lipinski definition) is 5. The van der Waals surface area contributed by atoms with Crippen molar-refractivity contribution in [3.8, 4) is 0 Å². The summed E-state index contributed by atoms with van der Waals surface area (Å²) in [7, 11) is 1.40. The van der Waals surface area contributed by atoms with Crippen molar-refractivity contribution < 1.29 is 9.53 Å². The fourth-order valence-electron chi connectivity index (χ4n) is 1.69. The molecule has 1 unspecified atom stereocenters. The Morgan fingerprint density at radius 3 is 3.00 bits per heavy atom. The highest BCUT2D eigenvalue weighted by Gasteiger charge is 2.20. The molecule has 4 nitrogen and oxygen atoms in total. The summed E-state index contributed by atoms with van der Waals surface area (Å²) >= 11 is 1.71. The van der Waals surface area contributed by atoms with Gasteiger partial charge in [0.05, 0.1) is 25.3 Å². The molecule has 0 saturated heterocycles. The normalized spacial score (nSPS) is 18.3. The van der Waals surface area contributed by atoms with E-state index in [9.17, 15) is 4.79 Å². The minimum absolute atomic E-state index is 0.203. The molecule has 1 heterocycles. The molecule has 2 rings (SSSR count). The average molecular weight is 264 g/mol. The maximum absolute atomic E-state index is 11.0. The summed E-state index contributed by atoms with van der Waals surface area (Å²) in [5.74, 6) is -0.203. The van der Waals surface area contributed by atoms with Crippen molar-refractivity contribution in [1.82, 2.24) is 5.32 Å². The Morgan fingerprint density at radius 1 is 1.50 bits per heavy atom. The van der Waals surface area contributed by atoms with Crippen LogP contribution in [0.15, 0.2) is 35.3 Å². The molecule has 0 aromatic heterocycles. The summed E-state index contributed by atoms with van der Waals surface area (Å²) in [6.45, 7) is 1.36. The Kier molecular flexibility index (Phi) is 4.64. The van der Waals surface area contributed by atoms with Crippen LogP contribution in [0, 0.1) is 0 Å². The van der Waals surface area contributed by atoms with Crippen molar-refractivity contribution in [2.75, 3.05) is 20.2 Å². The van der Waals surface area contributed by atoms with Gasteiger partial charge in [-0.25, -0.2) is 0 Å². The van der Waals surface area contributed by atoms with Gasteiger partial charge in [-0.1, -0.05) is 42.1 Å². The van der Waals surface area contributed by atoms with E-state index < -0.39 is 0 Å². The molecule has 1 aliphatic rings. The summed E-state index contributed by atoms with van der Waals surface area (Å²) in [4.78, 5) is 15.4. The zero-order valence-electron chi connectivity index (χ0n) is 10.3. The average Bonchev–Trinajstić information content (AvgIpc) is 2.88. The lowest BCUT2D eigenvalue weighted by Crippen LogP contribution is -2.22. The van der Waals surface area contributed by atoms with Gasteiger partial charge in [-0.3, -0.25) is 9.79 Å². The molecule has 0 amide bonds. The number of hydrogen-bond donors (Lipinski definition) is 1. The van der Waals surface area contributed by atoms with Crippen molar-refractivity contribution in [2.24, 2.45) is 4.99 Å². The van der Waals surface area contributed by atoms with Crippen LogP contribution in [0.25, 0.3) is 0 Å². The predicted octanol–water partition coefficient (Wildman–Crippen LogP) is 1.98. The minimum Gasteiger partial charge on any atom is -0.469 e. The van der Waals surface area contributed by atoms with Crippen molar-refractivity contribution >= 4 is 22.9 Å². The number of esters is 1. The van der Waals surface area contributed by atoms with Crippen LogP contribution < -0.4 is 5.32 Å². The quantitative estimate of drug-likeness (QED) is 0.845. The third kappa shape index (κ3) is 3.50. The van der Waals surface area contributed by atoms with Crippen LogP contribution in [-0.4, -0.2) is 31.3 Å². The van der Waals surface area contributed by atoms with Crippen LogP contribution in [0.5, 0.6) is 0 Å². The number of thioether (sulfide) groups is 1. The second kappa shape index (κ2) is 6.44. The molecule has 0 aliphatic carbocycles. The van der Waals surface area contributed by atoms with Crippen LogP contribution in [0.2, 0.25) is 0 Å². The summed E-state index contributed by atoms with van der Waals surface area (Å²) in [5.41, 5.74) is 1.29. The van der Waals surface area contributed by atoms with Crippen LogP contribution in [-0.2, 0) is 9.53 Å². The van der Waals surface area contributed by atoms with E-state index in [1.165, 1.54) is 12.7 Å². The molecule has 1 aromatic carbocycles. The SMILES string of the molecule is COC(=O)CCNC1=NCC(c2ccccc2)S1. The van der Waals surface area contributed by atoms with Gasteiger partial charge >= 0.3 is 5.97 Å². The first kappa shape index (κ1) is 13.0. The first-order valence-electron chi connectivity index (χ1n) is 5.86. The standard InChI is InChI=1S/C13H16N2O2S/c1-17-12(16)7-8-14-13-15-9-11(18-13)10-5-3-2-4-6-10/h2-6,11H,7-9H2,1H3,(H,14,15). The fourth-order valence-corrected chi connectivity index (χ4v) is 2.73.